The smallest absolute Gasteiger partial charge is 0.163 e. The first-order chi connectivity index (χ1) is 13.2. The van der Waals surface area contributed by atoms with Crippen molar-refractivity contribution in [3.8, 4) is 5.69 Å². The molecule has 0 bridgehead atoms. The van der Waals surface area contributed by atoms with Gasteiger partial charge < -0.3 is 5.32 Å². The molecule has 3 aromatic heterocycles. The van der Waals surface area contributed by atoms with Crippen LogP contribution in [0.3, 0.4) is 0 Å². The number of hydrogen-bond acceptors (Lipinski definition) is 6. The lowest BCUT2D eigenvalue weighted by Gasteiger charge is -2.16. The molecule has 3 heterocycles. The Hall–Kier alpha value is -3.29. The molecule has 8 heteroatoms. The van der Waals surface area contributed by atoms with Crippen LogP contribution in [0.1, 0.15) is 37.7 Å². The third-order valence-electron chi connectivity index (χ3n) is 4.54. The quantitative estimate of drug-likeness (QED) is 0.567. The van der Waals surface area contributed by atoms with E-state index in [0.29, 0.717) is 0 Å². The van der Waals surface area contributed by atoms with Crippen LogP contribution in [-0.4, -0.2) is 34.5 Å². The number of nitrogens with one attached hydrogen (secondary N) is 1. The maximum absolute atomic E-state index is 4.73. The summed E-state index contributed by atoms with van der Waals surface area (Å²) in [6.45, 7) is 4.25. The maximum Gasteiger partial charge on any atom is 0.163 e. The predicted molar refractivity (Wildman–Crippen MR) is 104 cm³/mol. The minimum Gasteiger partial charge on any atom is -0.363 e. The maximum atomic E-state index is 4.73. The van der Waals surface area contributed by atoms with Gasteiger partial charge in [0.05, 0.1) is 17.3 Å². The van der Waals surface area contributed by atoms with E-state index >= 15 is 0 Å². The van der Waals surface area contributed by atoms with Crippen LogP contribution in [0.15, 0.2) is 43.1 Å². The molecule has 0 radical (unpaired) electrons. The van der Waals surface area contributed by atoms with Gasteiger partial charge in [0.25, 0.3) is 0 Å². The molecule has 0 spiro atoms. The molecule has 0 aliphatic rings. The van der Waals surface area contributed by atoms with E-state index in [4.69, 9.17) is 4.98 Å². The van der Waals surface area contributed by atoms with E-state index in [1.165, 1.54) is 6.33 Å². The highest BCUT2D eigenvalue weighted by atomic mass is 15.3. The molecule has 1 aromatic carbocycles. The van der Waals surface area contributed by atoms with Gasteiger partial charge >= 0.3 is 0 Å². The predicted octanol–water partition coefficient (Wildman–Crippen LogP) is 3.07. The van der Waals surface area contributed by atoms with Crippen molar-refractivity contribution in [3.05, 3.63) is 54.5 Å². The molecule has 138 valence electrons. The van der Waals surface area contributed by atoms with Crippen LogP contribution in [0.5, 0.6) is 0 Å². The Morgan fingerprint density at radius 3 is 2.63 bits per heavy atom. The van der Waals surface area contributed by atoms with Crippen LogP contribution >= 0.6 is 0 Å². The normalized spacial score (nSPS) is 12.4. The van der Waals surface area contributed by atoms with Crippen LogP contribution in [0.4, 0.5) is 5.82 Å². The van der Waals surface area contributed by atoms with Crippen molar-refractivity contribution in [2.75, 3.05) is 5.32 Å². The van der Waals surface area contributed by atoms with Gasteiger partial charge in [-0.3, -0.25) is 4.68 Å². The van der Waals surface area contributed by atoms with Gasteiger partial charge in [-0.1, -0.05) is 19.1 Å². The van der Waals surface area contributed by atoms with Gasteiger partial charge in [-0.25, -0.2) is 19.6 Å². The molecule has 0 fully saturated rings. The minimum atomic E-state index is 0.0857. The Balaban J connectivity index is 1.61. The van der Waals surface area contributed by atoms with Gasteiger partial charge in [0.15, 0.2) is 5.65 Å². The standard InChI is InChI=1S/C19H22N8/c1-4-5-17-24-18(16-10-21-26(3)19(16)25-17)23-13(2)14-6-8-15(9-7-14)27-12-20-11-22-27/h6-13H,4-5H2,1-3H3,(H,23,24,25)/t13-/m1/s1. The molecule has 4 rings (SSSR count). The number of anilines is 1. The Morgan fingerprint density at radius 1 is 1.11 bits per heavy atom. The zero-order valence-corrected chi connectivity index (χ0v) is 15.7. The van der Waals surface area contributed by atoms with Crippen molar-refractivity contribution in [1.82, 2.24) is 34.5 Å². The number of nitrogens with zero attached hydrogens (tertiary/aromatic N) is 7. The zero-order chi connectivity index (χ0) is 18.8. The number of rotatable bonds is 6. The largest absolute Gasteiger partial charge is 0.363 e. The number of hydrogen-bond donors (Lipinski definition) is 1. The summed E-state index contributed by atoms with van der Waals surface area (Å²) in [5.74, 6) is 1.66. The molecule has 1 N–H and O–H groups in total. The van der Waals surface area contributed by atoms with Crippen LogP contribution < -0.4 is 5.32 Å². The Morgan fingerprint density at radius 2 is 1.93 bits per heavy atom. The van der Waals surface area contributed by atoms with E-state index in [9.17, 15) is 0 Å². The molecular formula is C19H22N8. The molecule has 0 aliphatic carbocycles. The fraction of sp³-hybridized carbons (Fsp3) is 0.316. The van der Waals surface area contributed by atoms with Crippen LogP contribution in [0.25, 0.3) is 16.7 Å². The summed E-state index contributed by atoms with van der Waals surface area (Å²) in [4.78, 5) is 13.4. The Kier molecular flexibility index (Phi) is 4.53. The topological polar surface area (TPSA) is 86.3 Å². The Labute approximate surface area is 157 Å². The molecule has 0 aliphatic heterocycles. The van der Waals surface area contributed by atoms with Crippen molar-refractivity contribution < 1.29 is 0 Å². The number of fused-ring (bicyclic) bond motifs is 1. The highest BCUT2D eigenvalue weighted by Crippen LogP contribution is 2.25. The van der Waals surface area contributed by atoms with E-state index in [1.807, 2.05) is 25.4 Å². The van der Waals surface area contributed by atoms with Crippen LogP contribution in [0.2, 0.25) is 0 Å². The van der Waals surface area contributed by atoms with Crippen molar-refractivity contribution in [2.45, 2.75) is 32.7 Å². The van der Waals surface area contributed by atoms with Crippen molar-refractivity contribution >= 4 is 16.9 Å². The molecule has 27 heavy (non-hydrogen) atoms. The average molecular weight is 362 g/mol. The van der Waals surface area contributed by atoms with Gasteiger partial charge in [0.2, 0.25) is 0 Å². The molecule has 0 saturated carbocycles. The molecule has 4 aromatic rings. The van der Waals surface area contributed by atoms with E-state index in [2.05, 4.69) is 51.5 Å². The van der Waals surface area contributed by atoms with Gasteiger partial charge in [0, 0.05) is 19.5 Å². The minimum absolute atomic E-state index is 0.0857. The number of benzene rings is 1. The van der Waals surface area contributed by atoms with Gasteiger partial charge in [-0.2, -0.15) is 10.2 Å². The lowest BCUT2D eigenvalue weighted by Crippen LogP contribution is -2.10. The molecule has 0 unspecified atom stereocenters. The molecular weight excluding hydrogens is 340 g/mol. The van der Waals surface area contributed by atoms with E-state index in [0.717, 1.165) is 46.8 Å². The van der Waals surface area contributed by atoms with Crippen LogP contribution in [0, 0.1) is 0 Å². The lowest BCUT2D eigenvalue weighted by molar-refractivity contribution is 0.771. The number of aryl methyl sites for hydroxylation is 2. The summed E-state index contributed by atoms with van der Waals surface area (Å²) >= 11 is 0. The first kappa shape index (κ1) is 17.1. The van der Waals surface area contributed by atoms with E-state index in [-0.39, 0.29) is 6.04 Å². The zero-order valence-electron chi connectivity index (χ0n) is 15.7. The third kappa shape index (κ3) is 3.38. The second kappa shape index (κ2) is 7.14. The Bertz CT molecular complexity index is 1030. The summed E-state index contributed by atoms with van der Waals surface area (Å²) in [6, 6.07) is 8.32. The van der Waals surface area contributed by atoms with Crippen molar-refractivity contribution in [1.29, 1.82) is 0 Å². The molecule has 8 nitrogen and oxygen atoms in total. The first-order valence-corrected chi connectivity index (χ1v) is 9.06. The van der Waals surface area contributed by atoms with Gasteiger partial charge in [-0.05, 0) is 31.0 Å². The SMILES string of the molecule is CCCc1nc(N[C@H](C)c2ccc(-n3cncn3)cc2)c2cnn(C)c2n1. The first-order valence-electron chi connectivity index (χ1n) is 9.06. The second-order valence-corrected chi connectivity index (χ2v) is 6.54. The number of aromatic nitrogens is 7. The van der Waals surface area contributed by atoms with Crippen LogP contribution in [-0.2, 0) is 13.5 Å². The van der Waals surface area contributed by atoms with Gasteiger partial charge in [-0.15, -0.1) is 0 Å². The van der Waals surface area contributed by atoms with Crippen molar-refractivity contribution in [2.24, 2.45) is 7.05 Å². The monoisotopic (exact) mass is 362 g/mol. The second-order valence-electron chi connectivity index (χ2n) is 6.54. The van der Waals surface area contributed by atoms with Crippen molar-refractivity contribution in [3.63, 3.8) is 0 Å². The fourth-order valence-electron chi connectivity index (χ4n) is 3.06. The lowest BCUT2D eigenvalue weighted by atomic mass is 10.1. The van der Waals surface area contributed by atoms with E-state index in [1.54, 1.807) is 15.7 Å². The summed E-state index contributed by atoms with van der Waals surface area (Å²) in [5, 5.41) is 13.0. The van der Waals surface area contributed by atoms with Gasteiger partial charge in [0.1, 0.15) is 24.3 Å². The third-order valence-corrected chi connectivity index (χ3v) is 4.54. The summed E-state index contributed by atoms with van der Waals surface area (Å²) in [5.41, 5.74) is 2.99. The molecule has 1 atom stereocenters. The summed E-state index contributed by atoms with van der Waals surface area (Å²) in [6.07, 6.45) is 6.87. The highest BCUT2D eigenvalue weighted by molar-refractivity contribution is 5.86. The van der Waals surface area contributed by atoms with E-state index < -0.39 is 0 Å². The molecule has 0 amide bonds. The highest BCUT2D eigenvalue weighted by Gasteiger charge is 2.14. The molecule has 0 saturated heterocycles. The fourth-order valence-corrected chi connectivity index (χ4v) is 3.06. The summed E-state index contributed by atoms with van der Waals surface area (Å²) < 4.78 is 3.53. The summed E-state index contributed by atoms with van der Waals surface area (Å²) in [7, 11) is 1.90. The average Bonchev–Trinajstić information content (AvgIpc) is 3.33.